The number of hydrogen-bond acceptors (Lipinski definition) is 5. The predicted octanol–water partition coefficient (Wildman–Crippen LogP) is 2.69. The molecule has 1 N–H and O–H groups in total. The van der Waals surface area contributed by atoms with Crippen LogP contribution in [0.1, 0.15) is 18.4 Å². The number of para-hydroxylation sites is 1. The summed E-state index contributed by atoms with van der Waals surface area (Å²) in [6.07, 6.45) is 2.27. The predicted molar refractivity (Wildman–Crippen MR) is 86.4 cm³/mol. The average Bonchev–Trinajstić information content (AvgIpc) is 3.05. The van der Waals surface area contributed by atoms with Crippen LogP contribution in [0.15, 0.2) is 53.4 Å². The minimum absolute atomic E-state index is 0.173. The maximum atomic E-state index is 12.0. The number of hydrogen-bond donors (Lipinski definition) is 1. The van der Waals surface area contributed by atoms with Crippen molar-refractivity contribution in [2.24, 2.45) is 0 Å². The Kier molecular flexibility index (Phi) is 4.68. The second-order valence-corrected chi connectivity index (χ2v) is 6.77. The quantitative estimate of drug-likeness (QED) is 0.531. The molecule has 0 radical (unpaired) electrons. The fraction of sp³-hybridized carbons (Fsp3) is 0.250. The summed E-state index contributed by atoms with van der Waals surface area (Å²) in [5, 5.41) is 10.8. The Morgan fingerprint density at radius 1 is 0.957 bits per heavy atom. The molecule has 0 amide bonds. The standard InChI is InChI=1S/C16H17N3O3S/c20-23(21,14-9-2-1-3-10-14)22-12-5-4-7-13-8-6-11-15-16(13)18-19-17-15/h1-3,6,8-11H,4-5,7,12H2,(H,17,18,19). The molecule has 3 aromatic rings. The van der Waals surface area contributed by atoms with E-state index in [4.69, 9.17) is 4.18 Å². The number of fused-ring (bicyclic) bond motifs is 1. The Morgan fingerprint density at radius 2 is 1.78 bits per heavy atom. The minimum Gasteiger partial charge on any atom is -0.266 e. The van der Waals surface area contributed by atoms with Crippen molar-refractivity contribution in [1.29, 1.82) is 0 Å². The van der Waals surface area contributed by atoms with E-state index in [1.54, 1.807) is 18.2 Å². The lowest BCUT2D eigenvalue weighted by atomic mass is 10.1. The molecule has 0 aliphatic heterocycles. The van der Waals surface area contributed by atoms with Crippen LogP contribution in [0.3, 0.4) is 0 Å². The van der Waals surface area contributed by atoms with E-state index in [1.807, 2.05) is 18.2 Å². The van der Waals surface area contributed by atoms with E-state index in [-0.39, 0.29) is 11.5 Å². The van der Waals surface area contributed by atoms with Gasteiger partial charge in [-0.15, -0.1) is 0 Å². The minimum atomic E-state index is -3.66. The van der Waals surface area contributed by atoms with Crippen molar-refractivity contribution in [1.82, 2.24) is 15.4 Å². The van der Waals surface area contributed by atoms with Gasteiger partial charge < -0.3 is 0 Å². The third-order valence-electron chi connectivity index (χ3n) is 3.54. The van der Waals surface area contributed by atoms with Crippen LogP contribution in [0.25, 0.3) is 11.0 Å². The summed E-state index contributed by atoms with van der Waals surface area (Å²) in [6.45, 7) is 0.173. The molecule has 6 nitrogen and oxygen atoms in total. The van der Waals surface area contributed by atoms with Crippen LogP contribution in [0.2, 0.25) is 0 Å². The SMILES string of the molecule is O=S(=O)(OCCCCc1cccc2n[nH]nc12)c1ccccc1. The highest BCUT2D eigenvalue weighted by Crippen LogP contribution is 2.16. The van der Waals surface area contributed by atoms with Crippen molar-refractivity contribution in [3.8, 4) is 0 Å². The van der Waals surface area contributed by atoms with E-state index in [1.165, 1.54) is 12.1 Å². The van der Waals surface area contributed by atoms with E-state index < -0.39 is 10.1 Å². The first-order valence-corrected chi connectivity index (χ1v) is 8.80. The summed E-state index contributed by atoms with van der Waals surface area (Å²) in [5.74, 6) is 0. The van der Waals surface area contributed by atoms with E-state index in [0.717, 1.165) is 29.4 Å². The largest absolute Gasteiger partial charge is 0.296 e. The summed E-state index contributed by atoms with van der Waals surface area (Å²) in [4.78, 5) is 0.187. The second kappa shape index (κ2) is 6.89. The van der Waals surface area contributed by atoms with Gasteiger partial charge in [0.25, 0.3) is 10.1 Å². The maximum Gasteiger partial charge on any atom is 0.296 e. The molecule has 0 aliphatic rings. The van der Waals surface area contributed by atoms with Crippen LogP contribution in [0.4, 0.5) is 0 Å². The molecular formula is C16H17N3O3S. The average molecular weight is 331 g/mol. The molecule has 2 aromatic carbocycles. The number of aromatic amines is 1. The molecular weight excluding hydrogens is 314 g/mol. The number of H-pyrrole nitrogens is 1. The van der Waals surface area contributed by atoms with Crippen LogP contribution in [0, 0.1) is 0 Å². The molecule has 1 aromatic heterocycles. The lowest BCUT2D eigenvalue weighted by Gasteiger charge is -2.06. The van der Waals surface area contributed by atoms with Gasteiger partial charge in [-0.3, -0.25) is 4.18 Å². The molecule has 120 valence electrons. The highest BCUT2D eigenvalue weighted by molar-refractivity contribution is 7.86. The zero-order valence-corrected chi connectivity index (χ0v) is 13.3. The fourth-order valence-electron chi connectivity index (χ4n) is 2.37. The summed E-state index contributed by atoms with van der Waals surface area (Å²) >= 11 is 0. The van der Waals surface area contributed by atoms with E-state index in [2.05, 4.69) is 15.4 Å². The number of rotatable bonds is 7. The highest BCUT2D eigenvalue weighted by atomic mass is 32.2. The first-order chi connectivity index (χ1) is 11.2. The van der Waals surface area contributed by atoms with Gasteiger partial charge in [0.2, 0.25) is 0 Å². The number of unbranched alkanes of at least 4 members (excludes halogenated alkanes) is 1. The second-order valence-electron chi connectivity index (χ2n) is 5.15. The summed E-state index contributed by atoms with van der Waals surface area (Å²) in [6, 6.07) is 14.0. The fourth-order valence-corrected chi connectivity index (χ4v) is 3.33. The summed E-state index contributed by atoms with van der Waals surface area (Å²) < 4.78 is 29.0. The smallest absolute Gasteiger partial charge is 0.266 e. The van der Waals surface area contributed by atoms with Gasteiger partial charge in [0.1, 0.15) is 11.0 Å². The zero-order valence-electron chi connectivity index (χ0n) is 12.5. The van der Waals surface area contributed by atoms with Crippen molar-refractivity contribution in [3.05, 3.63) is 54.1 Å². The van der Waals surface area contributed by atoms with Crippen molar-refractivity contribution in [3.63, 3.8) is 0 Å². The molecule has 0 unspecified atom stereocenters. The Morgan fingerprint density at radius 3 is 2.61 bits per heavy atom. The molecule has 0 spiro atoms. The zero-order chi connectivity index (χ0) is 16.1. The summed E-state index contributed by atoms with van der Waals surface area (Å²) in [5.41, 5.74) is 2.80. The van der Waals surface area contributed by atoms with Crippen LogP contribution in [-0.4, -0.2) is 30.4 Å². The molecule has 7 heteroatoms. The Balaban J connectivity index is 1.50. The van der Waals surface area contributed by atoms with Crippen molar-refractivity contribution >= 4 is 21.2 Å². The lowest BCUT2D eigenvalue weighted by Crippen LogP contribution is -2.07. The molecule has 0 aliphatic carbocycles. The number of aromatic nitrogens is 3. The third-order valence-corrected chi connectivity index (χ3v) is 4.87. The van der Waals surface area contributed by atoms with Crippen molar-refractivity contribution in [2.45, 2.75) is 24.2 Å². The monoisotopic (exact) mass is 331 g/mol. The van der Waals surface area contributed by atoms with Gasteiger partial charge in [0.05, 0.1) is 11.5 Å². The molecule has 0 saturated heterocycles. The number of nitrogens with zero attached hydrogens (tertiary/aromatic N) is 2. The van der Waals surface area contributed by atoms with E-state index in [9.17, 15) is 8.42 Å². The van der Waals surface area contributed by atoms with E-state index in [0.29, 0.717) is 6.42 Å². The van der Waals surface area contributed by atoms with Gasteiger partial charge in [-0.2, -0.15) is 23.8 Å². The first kappa shape index (κ1) is 15.6. The van der Waals surface area contributed by atoms with Gasteiger partial charge in [-0.1, -0.05) is 30.3 Å². The van der Waals surface area contributed by atoms with Crippen LogP contribution in [0.5, 0.6) is 0 Å². The highest BCUT2D eigenvalue weighted by Gasteiger charge is 2.13. The topological polar surface area (TPSA) is 84.9 Å². The molecule has 1 heterocycles. The molecule has 0 saturated carbocycles. The van der Waals surface area contributed by atoms with Gasteiger partial charge in [0.15, 0.2) is 0 Å². The Labute approximate surface area is 134 Å². The number of nitrogens with one attached hydrogen (secondary N) is 1. The van der Waals surface area contributed by atoms with Gasteiger partial charge >= 0.3 is 0 Å². The van der Waals surface area contributed by atoms with Gasteiger partial charge in [-0.05, 0) is 43.0 Å². The number of benzene rings is 2. The lowest BCUT2D eigenvalue weighted by molar-refractivity contribution is 0.308. The Hall–Kier alpha value is -2.25. The molecule has 0 bridgehead atoms. The molecule has 23 heavy (non-hydrogen) atoms. The van der Waals surface area contributed by atoms with Gasteiger partial charge in [0, 0.05) is 0 Å². The van der Waals surface area contributed by atoms with Crippen LogP contribution in [-0.2, 0) is 20.7 Å². The van der Waals surface area contributed by atoms with Gasteiger partial charge in [-0.25, -0.2) is 0 Å². The first-order valence-electron chi connectivity index (χ1n) is 7.40. The van der Waals surface area contributed by atoms with Crippen LogP contribution >= 0.6 is 0 Å². The molecule has 3 rings (SSSR count). The number of aryl methyl sites for hydroxylation is 1. The van der Waals surface area contributed by atoms with Crippen molar-refractivity contribution in [2.75, 3.05) is 6.61 Å². The van der Waals surface area contributed by atoms with Crippen molar-refractivity contribution < 1.29 is 12.6 Å². The summed E-state index contributed by atoms with van der Waals surface area (Å²) in [7, 11) is -3.66. The third kappa shape index (κ3) is 3.75. The Bertz CT molecular complexity index is 876. The normalized spacial score (nSPS) is 11.8. The molecule has 0 fully saturated rings. The van der Waals surface area contributed by atoms with Crippen LogP contribution < -0.4 is 0 Å². The van der Waals surface area contributed by atoms with E-state index >= 15 is 0 Å². The molecule has 0 atom stereocenters. The maximum absolute atomic E-state index is 12.0.